The van der Waals surface area contributed by atoms with Gasteiger partial charge in [-0.05, 0) is 50.8 Å². The van der Waals surface area contributed by atoms with E-state index in [0.717, 1.165) is 12.3 Å². The zero-order chi connectivity index (χ0) is 18.4. The highest BCUT2D eigenvalue weighted by molar-refractivity contribution is 5.29. The van der Waals surface area contributed by atoms with Gasteiger partial charge in [0.15, 0.2) is 0 Å². The lowest BCUT2D eigenvalue weighted by Gasteiger charge is -2.12. The Labute approximate surface area is 151 Å². The predicted octanol–water partition coefficient (Wildman–Crippen LogP) is 6.01. The molecular formula is C23H39N. The smallest absolute Gasteiger partial charge is 0.0343 e. The maximum atomic E-state index is 3.41. The molecule has 0 aliphatic heterocycles. The van der Waals surface area contributed by atoms with Crippen LogP contribution in [0.2, 0.25) is 0 Å². The fraction of sp³-hybridized carbons (Fsp3) is 0.652. The minimum absolute atomic E-state index is 0.653. The Bertz CT molecular complexity index is 472. The second-order valence-corrected chi connectivity index (χ2v) is 6.73. The fourth-order valence-electron chi connectivity index (χ4n) is 2.50. The minimum Gasteiger partial charge on any atom is -0.317 e. The Morgan fingerprint density at radius 3 is 2.12 bits per heavy atom. The van der Waals surface area contributed by atoms with E-state index in [1.54, 1.807) is 0 Å². The summed E-state index contributed by atoms with van der Waals surface area (Å²) in [5.41, 5.74) is 2.74. The first kappa shape index (κ1) is 22.7. The molecule has 24 heavy (non-hydrogen) atoms. The predicted molar refractivity (Wildman–Crippen MR) is 109 cm³/mol. The molecule has 0 aromatic heterocycles. The zero-order valence-electron chi connectivity index (χ0n) is 17.1. The summed E-state index contributed by atoms with van der Waals surface area (Å²) in [6.45, 7) is 12.8. The molecule has 136 valence electrons. The van der Waals surface area contributed by atoms with E-state index in [9.17, 15) is 0 Å². The van der Waals surface area contributed by atoms with E-state index in [2.05, 4.69) is 69.1 Å². The molecule has 0 bridgehead atoms. The van der Waals surface area contributed by atoms with Crippen LogP contribution in [0.4, 0.5) is 0 Å². The molecule has 1 unspecified atom stereocenters. The standard InChI is InChI=1S/C15H18.C6H15N.C2H6/c1-13-7-2-5-11-15(13)12-6-10-14-8-3-4-9-14;1-5(2)6(3)7-4;1-2/h2,5,7,11,14H,3-4,8-9,12H2,1H3;5-7H,1-4H3;1-2H3. The molecular weight excluding hydrogens is 290 g/mol. The topological polar surface area (TPSA) is 12.0 Å². The van der Waals surface area contributed by atoms with Gasteiger partial charge in [0.25, 0.3) is 0 Å². The number of aryl methyl sites for hydroxylation is 1. The summed E-state index contributed by atoms with van der Waals surface area (Å²) in [4.78, 5) is 0. The van der Waals surface area contributed by atoms with Crippen LogP contribution >= 0.6 is 0 Å². The van der Waals surface area contributed by atoms with Crippen molar-refractivity contribution in [2.24, 2.45) is 11.8 Å². The van der Waals surface area contributed by atoms with Gasteiger partial charge in [-0.1, -0.05) is 76.6 Å². The lowest BCUT2D eigenvalue weighted by molar-refractivity contribution is 0.459. The SMILES string of the molecule is CC.CNC(C)C(C)C.Cc1ccccc1CC#CC1CCCC1. The first-order valence-electron chi connectivity index (χ1n) is 9.74. The van der Waals surface area contributed by atoms with Crippen LogP contribution in [0.15, 0.2) is 24.3 Å². The van der Waals surface area contributed by atoms with Crippen molar-refractivity contribution in [3.8, 4) is 11.8 Å². The molecule has 1 heteroatoms. The van der Waals surface area contributed by atoms with Crippen LogP contribution in [0.25, 0.3) is 0 Å². The van der Waals surface area contributed by atoms with Crippen molar-refractivity contribution < 1.29 is 0 Å². The number of hydrogen-bond acceptors (Lipinski definition) is 1. The first-order valence-corrected chi connectivity index (χ1v) is 9.74. The van der Waals surface area contributed by atoms with Gasteiger partial charge >= 0.3 is 0 Å². The van der Waals surface area contributed by atoms with Crippen molar-refractivity contribution >= 4 is 0 Å². The molecule has 2 rings (SSSR count). The lowest BCUT2D eigenvalue weighted by atomic mass is 10.0. The van der Waals surface area contributed by atoms with Crippen molar-refractivity contribution in [3.63, 3.8) is 0 Å². The highest BCUT2D eigenvalue weighted by Gasteiger charge is 2.11. The van der Waals surface area contributed by atoms with Gasteiger partial charge in [0.1, 0.15) is 0 Å². The zero-order valence-corrected chi connectivity index (χ0v) is 17.1. The third-order valence-corrected chi connectivity index (χ3v) is 4.66. The molecule has 1 nitrogen and oxygen atoms in total. The maximum absolute atomic E-state index is 3.41. The van der Waals surface area contributed by atoms with Crippen LogP contribution in [0.3, 0.4) is 0 Å². The normalized spacial score (nSPS) is 14.7. The Morgan fingerprint density at radius 1 is 1.08 bits per heavy atom. The van der Waals surface area contributed by atoms with Crippen LogP contribution in [0.5, 0.6) is 0 Å². The van der Waals surface area contributed by atoms with E-state index in [1.807, 2.05) is 20.9 Å². The second kappa shape index (κ2) is 14.1. The van der Waals surface area contributed by atoms with E-state index >= 15 is 0 Å². The molecule has 0 amide bonds. The fourth-order valence-corrected chi connectivity index (χ4v) is 2.50. The molecule has 0 radical (unpaired) electrons. The van der Waals surface area contributed by atoms with E-state index < -0.39 is 0 Å². The van der Waals surface area contributed by atoms with Crippen LogP contribution in [0, 0.1) is 30.6 Å². The molecule has 1 aliphatic rings. The quantitative estimate of drug-likeness (QED) is 0.670. The molecule has 1 fully saturated rings. The monoisotopic (exact) mass is 329 g/mol. The molecule has 0 heterocycles. The highest BCUT2D eigenvalue weighted by atomic mass is 14.9. The molecule has 1 N–H and O–H groups in total. The van der Waals surface area contributed by atoms with Crippen LogP contribution in [0.1, 0.15) is 71.4 Å². The highest BCUT2D eigenvalue weighted by Crippen LogP contribution is 2.23. The van der Waals surface area contributed by atoms with E-state index in [-0.39, 0.29) is 0 Å². The van der Waals surface area contributed by atoms with Crippen molar-refractivity contribution in [3.05, 3.63) is 35.4 Å². The Morgan fingerprint density at radius 2 is 1.67 bits per heavy atom. The second-order valence-electron chi connectivity index (χ2n) is 6.73. The van der Waals surface area contributed by atoms with Crippen LogP contribution < -0.4 is 5.32 Å². The van der Waals surface area contributed by atoms with Crippen molar-refractivity contribution in [2.45, 2.75) is 79.7 Å². The van der Waals surface area contributed by atoms with E-state index in [0.29, 0.717) is 12.0 Å². The third-order valence-electron chi connectivity index (χ3n) is 4.66. The average molecular weight is 330 g/mol. The van der Waals surface area contributed by atoms with Crippen LogP contribution in [-0.2, 0) is 6.42 Å². The minimum atomic E-state index is 0.653. The summed E-state index contributed by atoms with van der Waals surface area (Å²) in [6.07, 6.45) is 6.32. The summed E-state index contributed by atoms with van der Waals surface area (Å²) >= 11 is 0. The Kier molecular flexibility index (Phi) is 13.4. The molecule has 1 aromatic rings. The summed E-state index contributed by atoms with van der Waals surface area (Å²) < 4.78 is 0. The number of benzene rings is 1. The van der Waals surface area contributed by atoms with E-state index in [1.165, 1.54) is 36.8 Å². The Hall–Kier alpha value is -1.26. The van der Waals surface area contributed by atoms with Gasteiger partial charge in [-0.2, -0.15) is 0 Å². The van der Waals surface area contributed by atoms with Gasteiger partial charge in [0.2, 0.25) is 0 Å². The molecule has 1 saturated carbocycles. The average Bonchev–Trinajstić information content (AvgIpc) is 3.11. The Balaban J connectivity index is 0.000000501. The largest absolute Gasteiger partial charge is 0.317 e. The summed E-state index contributed by atoms with van der Waals surface area (Å²) in [5, 5.41) is 3.16. The van der Waals surface area contributed by atoms with Crippen molar-refractivity contribution in [2.75, 3.05) is 7.05 Å². The first-order chi connectivity index (χ1) is 11.5. The van der Waals surface area contributed by atoms with Crippen molar-refractivity contribution in [1.82, 2.24) is 5.32 Å². The lowest BCUT2D eigenvalue weighted by Crippen LogP contribution is -2.26. The van der Waals surface area contributed by atoms with Gasteiger partial charge in [-0.15, -0.1) is 0 Å². The van der Waals surface area contributed by atoms with Crippen molar-refractivity contribution in [1.29, 1.82) is 0 Å². The molecule has 1 aliphatic carbocycles. The van der Waals surface area contributed by atoms with Gasteiger partial charge in [0.05, 0.1) is 0 Å². The molecule has 0 spiro atoms. The number of hydrogen-bond donors (Lipinski definition) is 1. The summed E-state index contributed by atoms with van der Waals surface area (Å²) in [6, 6.07) is 9.17. The van der Waals surface area contributed by atoms with Crippen LogP contribution in [-0.4, -0.2) is 13.1 Å². The number of rotatable bonds is 3. The molecule has 1 atom stereocenters. The molecule has 0 saturated heterocycles. The summed E-state index contributed by atoms with van der Waals surface area (Å²) in [5.74, 6) is 8.19. The van der Waals surface area contributed by atoms with Gasteiger partial charge < -0.3 is 5.32 Å². The summed E-state index contributed by atoms with van der Waals surface area (Å²) in [7, 11) is 1.99. The third kappa shape index (κ3) is 9.78. The van der Waals surface area contributed by atoms with E-state index in [4.69, 9.17) is 0 Å². The molecule has 1 aromatic carbocycles. The van der Waals surface area contributed by atoms with Gasteiger partial charge in [0, 0.05) is 18.4 Å². The van der Waals surface area contributed by atoms with Gasteiger partial charge in [-0.3, -0.25) is 0 Å². The maximum Gasteiger partial charge on any atom is 0.0343 e. The van der Waals surface area contributed by atoms with Gasteiger partial charge in [-0.25, -0.2) is 0 Å². The number of nitrogens with one attached hydrogen (secondary N) is 1.